The molecular weight excluding hydrogens is 577 g/mol. The Morgan fingerprint density at radius 3 is 2.35 bits per heavy atom. The smallest absolute Gasteiger partial charge is 0.416 e. The summed E-state index contributed by atoms with van der Waals surface area (Å²) in [4.78, 5) is 27.9. The molecule has 0 bridgehead atoms. The van der Waals surface area contributed by atoms with Gasteiger partial charge in [-0.15, -0.1) is 0 Å². The van der Waals surface area contributed by atoms with Crippen molar-refractivity contribution in [3.8, 4) is 17.0 Å². The van der Waals surface area contributed by atoms with E-state index in [2.05, 4.69) is 20.9 Å². The molecule has 0 saturated carbocycles. The Kier molecular flexibility index (Phi) is 8.38. The predicted octanol–water partition coefficient (Wildman–Crippen LogP) is 4.59. The van der Waals surface area contributed by atoms with Gasteiger partial charge in [0.05, 0.1) is 18.7 Å². The van der Waals surface area contributed by atoms with Crippen LogP contribution >= 0.6 is 15.9 Å². The van der Waals surface area contributed by atoms with E-state index in [4.69, 9.17) is 14.9 Å². The molecule has 1 heterocycles. The van der Waals surface area contributed by atoms with Gasteiger partial charge in [-0.3, -0.25) is 4.79 Å². The van der Waals surface area contributed by atoms with Crippen LogP contribution in [0.15, 0.2) is 45.5 Å². The topological polar surface area (TPSA) is 139 Å². The van der Waals surface area contributed by atoms with Crippen molar-refractivity contribution in [1.29, 1.82) is 0 Å². The van der Waals surface area contributed by atoms with E-state index in [0.717, 1.165) is 30.3 Å². The van der Waals surface area contributed by atoms with Crippen LogP contribution < -0.4 is 10.5 Å². The molecule has 2 aromatic carbocycles. The van der Waals surface area contributed by atoms with Crippen LogP contribution in [0.5, 0.6) is 5.75 Å². The molecular formula is C22H17BrF5N3O6. The molecule has 0 aliphatic heterocycles. The number of oxazole rings is 1. The fourth-order valence-corrected chi connectivity index (χ4v) is 3.69. The van der Waals surface area contributed by atoms with Gasteiger partial charge in [-0.25, -0.2) is 18.6 Å². The van der Waals surface area contributed by atoms with Crippen molar-refractivity contribution in [3.05, 3.63) is 69.7 Å². The SMILES string of the molecule is NC(=O)c1c(F)ccc(OC(CN(CCO)C(=O)O)c2nc(-c3ccc(C(F)(F)F)cc3)c(Br)o2)c1F. The van der Waals surface area contributed by atoms with Crippen LogP contribution in [0.3, 0.4) is 0 Å². The summed E-state index contributed by atoms with van der Waals surface area (Å²) in [5.74, 6) is -5.19. The molecule has 1 aromatic heterocycles. The van der Waals surface area contributed by atoms with Crippen LogP contribution in [0.25, 0.3) is 11.3 Å². The molecule has 198 valence electrons. The first kappa shape index (κ1) is 27.9. The van der Waals surface area contributed by atoms with Crippen molar-refractivity contribution >= 4 is 27.9 Å². The van der Waals surface area contributed by atoms with Crippen LogP contribution in [-0.2, 0) is 6.18 Å². The van der Waals surface area contributed by atoms with Gasteiger partial charge in [0.1, 0.15) is 17.1 Å². The number of rotatable bonds is 9. The monoisotopic (exact) mass is 593 g/mol. The molecule has 3 aromatic rings. The van der Waals surface area contributed by atoms with Crippen molar-refractivity contribution in [2.45, 2.75) is 12.3 Å². The summed E-state index contributed by atoms with van der Waals surface area (Å²) in [6, 6.07) is 5.42. The number of carbonyl (C=O) groups excluding carboxylic acids is 1. The summed E-state index contributed by atoms with van der Waals surface area (Å²) in [5, 5.41) is 18.6. The number of hydrogen-bond donors (Lipinski definition) is 3. The third kappa shape index (κ3) is 6.35. The average Bonchev–Trinajstić information content (AvgIpc) is 3.20. The van der Waals surface area contributed by atoms with E-state index in [1.165, 1.54) is 0 Å². The number of aliphatic hydroxyl groups excluding tert-OH is 1. The second-order valence-electron chi connectivity index (χ2n) is 7.41. The van der Waals surface area contributed by atoms with Gasteiger partial charge < -0.3 is 30.0 Å². The Hall–Kier alpha value is -3.72. The van der Waals surface area contributed by atoms with E-state index in [9.17, 15) is 41.8 Å². The standard InChI is InChI=1S/C22H17BrF5N3O6/c23-18-17(10-1-3-11(4-2-10)22(26,27)28)30-20(37-18)14(9-31(7-8-32)21(34)35)36-13-6-5-12(24)15(16(13)25)19(29)33/h1-6,14,32H,7-9H2,(H2,29,33)(H,34,35). The number of ether oxygens (including phenoxy) is 1. The Bertz CT molecular complexity index is 1300. The minimum Gasteiger partial charge on any atom is -0.476 e. The third-order valence-electron chi connectivity index (χ3n) is 4.96. The number of amides is 2. The fraction of sp³-hybridized carbons (Fsp3) is 0.227. The number of nitrogens with zero attached hydrogens (tertiary/aromatic N) is 2. The molecule has 37 heavy (non-hydrogen) atoms. The van der Waals surface area contributed by atoms with Gasteiger partial charge >= 0.3 is 12.3 Å². The third-order valence-corrected chi connectivity index (χ3v) is 5.50. The maximum absolute atomic E-state index is 14.8. The van der Waals surface area contributed by atoms with Crippen LogP contribution in [0.2, 0.25) is 0 Å². The van der Waals surface area contributed by atoms with Crippen molar-refractivity contribution in [3.63, 3.8) is 0 Å². The number of carboxylic acid groups (broad SMARTS) is 1. The number of benzene rings is 2. The molecule has 3 rings (SSSR count). The van der Waals surface area contributed by atoms with Crippen LogP contribution in [0, 0.1) is 11.6 Å². The Balaban J connectivity index is 2.04. The second-order valence-corrected chi connectivity index (χ2v) is 8.13. The summed E-state index contributed by atoms with van der Waals surface area (Å²) in [6.07, 6.45) is -7.59. The lowest BCUT2D eigenvalue weighted by Crippen LogP contribution is -2.37. The number of alkyl halides is 3. The maximum atomic E-state index is 14.8. The van der Waals surface area contributed by atoms with Gasteiger partial charge in [0.2, 0.25) is 5.89 Å². The first-order valence-electron chi connectivity index (χ1n) is 10.2. The van der Waals surface area contributed by atoms with E-state index < -0.39 is 65.9 Å². The summed E-state index contributed by atoms with van der Waals surface area (Å²) in [6.45, 7) is -1.55. The lowest BCUT2D eigenvalue weighted by atomic mass is 10.1. The van der Waals surface area contributed by atoms with E-state index >= 15 is 0 Å². The molecule has 0 fully saturated rings. The maximum Gasteiger partial charge on any atom is 0.416 e. The molecule has 9 nitrogen and oxygen atoms in total. The molecule has 4 N–H and O–H groups in total. The number of carbonyl (C=O) groups is 2. The lowest BCUT2D eigenvalue weighted by Gasteiger charge is -2.24. The molecule has 0 radical (unpaired) electrons. The molecule has 0 aliphatic rings. The summed E-state index contributed by atoms with van der Waals surface area (Å²) < 4.78 is 78.3. The van der Waals surface area contributed by atoms with Gasteiger partial charge in [-0.2, -0.15) is 13.2 Å². The zero-order valence-electron chi connectivity index (χ0n) is 18.4. The van der Waals surface area contributed by atoms with Crippen molar-refractivity contribution < 1.29 is 50.9 Å². The number of hydrogen-bond acceptors (Lipinski definition) is 6. The highest BCUT2D eigenvalue weighted by molar-refractivity contribution is 9.10. The number of nitrogens with two attached hydrogens (primary N) is 1. The first-order chi connectivity index (χ1) is 17.3. The minimum absolute atomic E-state index is 0.0127. The van der Waals surface area contributed by atoms with Crippen LogP contribution in [0.4, 0.5) is 26.7 Å². The highest BCUT2D eigenvalue weighted by Gasteiger charge is 2.32. The first-order valence-corrected chi connectivity index (χ1v) is 11.0. The Labute approximate surface area is 213 Å². The van der Waals surface area contributed by atoms with E-state index in [1.807, 2.05) is 0 Å². The average molecular weight is 594 g/mol. The molecule has 0 aliphatic carbocycles. The summed E-state index contributed by atoms with van der Waals surface area (Å²) >= 11 is 3.08. The van der Waals surface area contributed by atoms with Crippen molar-refractivity contribution in [2.24, 2.45) is 5.73 Å². The number of primary amides is 1. The van der Waals surface area contributed by atoms with Crippen LogP contribution in [-0.4, -0.2) is 51.8 Å². The lowest BCUT2D eigenvalue weighted by molar-refractivity contribution is -0.137. The predicted molar refractivity (Wildman–Crippen MR) is 120 cm³/mol. The number of aliphatic hydroxyl groups is 1. The van der Waals surface area contributed by atoms with E-state index in [0.29, 0.717) is 11.0 Å². The van der Waals surface area contributed by atoms with E-state index in [1.54, 1.807) is 0 Å². The normalized spacial score (nSPS) is 12.3. The van der Waals surface area contributed by atoms with Crippen LogP contribution in [0.1, 0.15) is 27.9 Å². The fourth-order valence-electron chi connectivity index (χ4n) is 3.21. The zero-order valence-corrected chi connectivity index (χ0v) is 20.0. The highest BCUT2D eigenvalue weighted by atomic mass is 79.9. The van der Waals surface area contributed by atoms with Gasteiger partial charge in [0.15, 0.2) is 22.3 Å². The van der Waals surface area contributed by atoms with Crippen molar-refractivity contribution in [2.75, 3.05) is 19.7 Å². The molecule has 1 atom stereocenters. The quantitative estimate of drug-likeness (QED) is 0.308. The molecule has 15 heteroatoms. The largest absolute Gasteiger partial charge is 0.476 e. The zero-order chi connectivity index (χ0) is 27.5. The van der Waals surface area contributed by atoms with E-state index in [-0.39, 0.29) is 28.4 Å². The molecule has 0 spiro atoms. The Morgan fingerprint density at radius 2 is 1.81 bits per heavy atom. The van der Waals surface area contributed by atoms with Gasteiger partial charge in [-0.05, 0) is 40.2 Å². The number of aromatic nitrogens is 1. The van der Waals surface area contributed by atoms with Gasteiger partial charge in [0, 0.05) is 12.1 Å². The summed E-state index contributed by atoms with van der Waals surface area (Å²) in [7, 11) is 0. The minimum atomic E-state index is -4.57. The Morgan fingerprint density at radius 1 is 1.16 bits per heavy atom. The second kappa shape index (κ2) is 11.1. The molecule has 1 unspecified atom stereocenters. The van der Waals surface area contributed by atoms with Gasteiger partial charge in [-0.1, -0.05) is 12.1 Å². The number of halogens is 6. The van der Waals surface area contributed by atoms with Gasteiger partial charge in [0.25, 0.3) is 5.91 Å². The molecule has 0 saturated heterocycles. The summed E-state index contributed by atoms with van der Waals surface area (Å²) in [5.41, 5.74) is 3.21. The highest BCUT2D eigenvalue weighted by Crippen LogP contribution is 2.36. The van der Waals surface area contributed by atoms with Crippen molar-refractivity contribution in [1.82, 2.24) is 9.88 Å². The molecule has 2 amide bonds.